The molecular weight excluding hydrogens is 232 g/mol. The monoisotopic (exact) mass is 248 g/mol. The molecule has 1 atom stereocenters. The molecule has 1 N–H and O–H groups in total. The Labute approximate surface area is 105 Å². The van der Waals surface area contributed by atoms with Gasteiger partial charge in [0, 0.05) is 22.7 Å². The molecule has 2 aromatic rings. The van der Waals surface area contributed by atoms with Crippen molar-refractivity contribution in [1.82, 2.24) is 10.3 Å². The van der Waals surface area contributed by atoms with Gasteiger partial charge in [-0.2, -0.15) is 0 Å². The molecule has 90 valence electrons. The molecule has 3 nitrogen and oxygen atoms in total. The van der Waals surface area contributed by atoms with E-state index in [1.807, 2.05) is 17.6 Å². The van der Waals surface area contributed by atoms with Crippen molar-refractivity contribution in [3.8, 4) is 5.75 Å². The van der Waals surface area contributed by atoms with Crippen LogP contribution in [0.5, 0.6) is 5.75 Å². The molecule has 0 spiro atoms. The van der Waals surface area contributed by atoms with Crippen molar-refractivity contribution in [2.24, 2.45) is 0 Å². The van der Waals surface area contributed by atoms with E-state index in [4.69, 9.17) is 4.74 Å². The Bertz CT molecular complexity index is 455. The summed E-state index contributed by atoms with van der Waals surface area (Å²) in [5, 5.41) is 5.49. The highest BCUT2D eigenvalue weighted by atomic mass is 32.1. The molecule has 2 aromatic heterocycles. The van der Waals surface area contributed by atoms with Gasteiger partial charge in [-0.3, -0.25) is 4.98 Å². The Morgan fingerprint density at radius 3 is 3.00 bits per heavy atom. The van der Waals surface area contributed by atoms with Gasteiger partial charge in [-0.1, -0.05) is 13.0 Å². The molecule has 4 heteroatoms. The van der Waals surface area contributed by atoms with E-state index in [2.05, 4.69) is 29.4 Å². The summed E-state index contributed by atoms with van der Waals surface area (Å²) in [5.41, 5.74) is 1.18. The minimum Gasteiger partial charge on any atom is -0.496 e. The van der Waals surface area contributed by atoms with Crippen LogP contribution in [0, 0.1) is 0 Å². The van der Waals surface area contributed by atoms with Crippen LogP contribution in [-0.4, -0.2) is 18.6 Å². The van der Waals surface area contributed by atoms with Crippen LogP contribution in [0.1, 0.15) is 23.4 Å². The summed E-state index contributed by atoms with van der Waals surface area (Å²) in [6.45, 7) is 3.02. The van der Waals surface area contributed by atoms with Crippen molar-refractivity contribution in [2.45, 2.75) is 13.0 Å². The highest BCUT2D eigenvalue weighted by molar-refractivity contribution is 7.10. The molecule has 2 heterocycles. The molecule has 0 aliphatic carbocycles. The lowest BCUT2D eigenvalue weighted by atomic mass is 10.1. The van der Waals surface area contributed by atoms with Crippen LogP contribution >= 0.6 is 11.3 Å². The normalized spacial score (nSPS) is 12.4. The van der Waals surface area contributed by atoms with Crippen molar-refractivity contribution >= 4 is 11.3 Å². The van der Waals surface area contributed by atoms with Gasteiger partial charge in [-0.15, -0.1) is 11.3 Å². The number of methoxy groups -OCH3 is 1. The molecule has 0 aliphatic rings. The summed E-state index contributed by atoms with van der Waals surface area (Å²) in [6, 6.07) is 6.32. The number of nitrogens with one attached hydrogen (secondary N) is 1. The average Bonchev–Trinajstić information content (AvgIpc) is 2.85. The minimum absolute atomic E-state index is 0.197. The third-order valence-electron chi connectivity index (χ3n) is 2.54. The smallest absolute Gasteiger partial charge is 0.129 e. The molecule has 0 saturated heterocycles. The number of pyridine rings is 1. The Morgan fingerprint density at radius 1 is 1.53 bits per heavy atom. The number of rotatable bonds is 5. The molecule has 0 saturated carbocycles. The number of nitrogens with zero attached hydrogens (tertiary/aromatic N) is 1. The maximum Gasteiger partial charge on any atom is 0.129 e. The van der Waals surface area contributed by atoms with Crippen molar-refractivity contribution in [1.29, 1.82) is 0 Å². The van der Waals surface area contributed by atoms with E-state index in [1.165, 1.54) is 10.4 Å². The van der Waals surface area contributed by atoms with Crippen LogP contribution in [0.3, 0.4) is 0 Å². The first-order chi connectivity index (χ1) is 8.35. The van der Waals surface area contributed by atoms with Crippen LogP contribution in [0.25, 0.3) is 0 Å². The van der Waals surface area contributed by atoms with Gasteiger partial charge in [0.2, 0.25) is 0 Å². The lowest BCUT2D eigenvalue weighted by molar-refractivity contribution is 0.416. The first kappa shape index (κ1) is 12.1. The van der Waals surface area contributed by atoms with E-state index in [1.54, 1.807) is 24.6 Å². The van der Waals surface area contributed by atoms with Gasteiger partial charge in [0.15, 0.2) is 0 Å². The van der Waals surface area contributed by atoms with Crippen LogP contribution in [-0.2, 0) is 0 Å². The van der Waals surface area contributed by atoms with Gasteiger partial charge in [0.05, 0.1) is 13.2 Å². The van der Waals surface area contributed by atoms with E-state index < -0.39 is 0 Å². The van der Waals surface area contributed by atoms with Gasteiger partial charge in [0.25, 0.3) is 0 Å². The molecule has 0 bridgehead atoms. The molecule has 0 amide bonds. The van der Waals surface area contributed by atoms with Crippen LogP contribution in [0.2, 0.25) is 0 Å². The van der Waals surface area contributed by atoms with E-state index in [9.17, 15) is 0 Å². The molecule has 0 radical (unpaired) electrons. The topological polar surface area (TPSA) is 34.2 Å². The van der Waals surface area contributed by atoms with Crippen molar-refractivity contribution in [3.63, 3.8) is 0 Å². The summed E-state index contributed by atoms with van der Waals surface area (Å²) in [5.74, 6) is 0.914. The minimum atomic E-state index is 0.197. The second-order valence-corrected chi connectivity index (χ2v) is 4.61. The number of aromatic nitrogens is 1. The van der Waals surface area contributed by atoms with Crippen molar-refractivity contribution in [3.05, 3.63) is 46.4 Å². The quantitative estimate of drug-likeness (QED) is 0.883. The zero-order valence-corrected chi connectivity index (χ0v) is 10.8. The Balaban J connectivity index is 2.28. The summed E-state index contributed by atoms with van der Waals surface area (Å²) >= 11 is 1.70. The second kappa shape index (κ2) is 5.80. The molecule has 2 rings (SSSR count). The van der Waals surface area contributed by atoms with Crippen LogP contribution in [0.4, 0.5) is 0 Å². The van der Waals surface area contributed by atoms with Gasteiger partial charge < -0.3 is 10.1 Å². The molecule has 0 aromatic carbocycles. The van der Waals surface area contributed by atoms with Gasteiger partial charge >= 0.3 is 0 Å². The van der Waals surface area contributed by atoms with E-state index >= 15 is 0 Å². The largest absolute Gasteiger partial charge is 0.496 e. The summed E-state index contributed by atoms with van der Waals surface area (Å²) in [7, 11) is 1.69. The molecular formula is C13H16N2OS. The van der Waals surface area contributed by atoms with Crippen molar-refractivity contribution in [2.75, 3.05) is 13.7 Å². The zero-order valence-electron chi connectivity index (χ0n) is 10.0. The average molecular weight is 248 g/mol. The predicted molar refractivity (Wildman–Crippen MR) is 70.6 cm³/mol. The standard InChI is InChI=1S/C13H16N2OS/c1-3-15-13(10-5-4-6-14-8-10)12-7-11(16-2)9-17-12/h4-9,13,15H,3H2,1-2H3. The van der Waals surface area contributed by atoms with Crippen LogP contribution in [0.15, 0.2) is 36.0 Å². The molecule has 17 heavy (non-hydrogen) atoms. The molecule has 1 unspecified atom stereocenters. The second-order valence-electron chi connectivity index (χ2n) is 3.67. The SMILES string of the molecule is CCNC(c1cccnc1)c1cc(OC)cs1. The molecule has 0 aliphatic heterocycles. The Hall–Kier alpha value is -1.39. The number of hydrogen-bond donors (Lipinski definition) is 1. The maximum absolute atomic E-state index is 5.23. The number of ether oxygens (including phenoxy) is 1. The third-order valence-corrected chi connectivity index (χ3v) is 3.52. The zero-order chi connectivity index (χ0) is 12.1. The first-order valence-electron chi connectivity index (χ1n) is 5.61. The maximum atomic E-state index is 5.23. The highest BCUT2D eigenvalue weighted by Gasteiger charge is 2.15. The third kappa shape index (κ3) is 2.84. The lowest BCUT2D eigenvalue weighted by Gasteiger charge is -2.16. The fourth-order valence-corrected chi connectivity index (χ4v) is 2.68. The lowest BCUT2D eigenvalue weighted by Crippen LogP contribution is -2.21. The van der Waals surface area contributed by atoms with Gasteiger partial charge in [-0.05, 0) is 24.2 Å². The number of hydrogen-bond acceptors (Lipinski definition) is 4. The molecule has 0 fully saturated rings. The van der Waals surface area contributed by atoms with E-state index in [0.717, 1.165) is 12.3 Å². The first-order valence-corrected chi connectivity index (χ1v) is 6.48. The van der Waals surface area contributed by atoms with Gasteiger partial charge in [0.1, 0.15) is 5.75 Å². The van der Waals surface area contributed by atoms with E-state index in [-0.39, 0.29) is 6.04 Å². The van der Waals surface area contributed by atoms with Gasteiger partial charge in [-0.25, -0.2) is 0 Å². The van der Waals surface area contributed by atoms with Crippen LogP contribution < -0.4 is 10.1 Å². The highest BCUT2D eigenvalue weighted by Crippen LogP contribution is 2.30. The Kier molecular flexibility index (Phi) is 4.12. The fraction of sp³-hybridized carbons (Fsp3) is 0.308. The summed E-state index contributed by atoms with van der Waals surface area (Å²) in [6.07, 6.45) is 3.70. The van der Waals surface area contributed by atoms with Crippen molar-refractivity contribution < 1.29 is 4.74 Å². The fourth-order valence-electron chi connectivity index (χ4n) is 1.73. The summed E-state index contributed by atoms with van der Waals surface area (Å²) in [4.78, 5) is 5.42. The number of thiophene rings is 1. The van der Waals surface area contributed by atoms with E-state index in [0.29, 0.717) is 0 Å². The predicted octanol–water partition coefficient (Wildman–Crippen LogP) is 2.85. The summed E-state index contributed by atoms with van der Waals surface area (Å²) < 4.78 is 5.23. The Morgan fingerprint density at radius 2 is 2.41 bits per heavy atom.